The molecule has 1 saturated heterocycles. The summed E-state index contributed by atoms with van der Waals surface area (Å²) in [6.07, 6.45) is 2.30. The number of likely N-dealkylation sites (tertiary alicyclic amines) is 1. The molecule has 25 heavy (non-hydrogen) atoms. The van der Waals surface area contributed by atoms with E-state index in [0.717, 1.165) is 36.6 Å². The van der Waals surface area contributed by atoms with Gasteiger partial charge in [0.15, 0.2) is 0 Å². The van der Waals surface area contributed by atoms with Crippen molar-refractivity contribution in [2.45, 2.75) is 18.9 Å². The molecule has 1 aliphatic heterocycles. The molecule has 2 aromatic rings. The fourth-order valence-electron chi connectivity index (χ4n) is 4.48. The van der Waals surface area contributed by atoms with Gasteiger partial charge in [-0.05, 0) is 61.1 Å². The Balaban J connectivity index is 1.59. The zero-order chi connectivity index (χ0) is 17.4. The molecule has 1 heterocycles. The van der Waals surface area contributed by atoms with Crippen LogP contribution in [-0.4, -0.2) is 37.0 Å². The summed E-state index contributed by atoms with van der Waals surface area (Å²) >= 11 is 6.19. The molecule has 1 aliphatic carbocycles. The third-order valence-electron chi connectivity index (χ3n) is 5.67. The summed E-state index contributed by atoms with van der Waals surface area (Å²) in [4.78, 5) is 15.4. The number of halogens is 1. The molecule has 0 bridgehead atoms. The number of nitrogens with one attached hydrogen (secondary N) is 1. The minimum absolute atomic E-state index is 0.00993. The number of carbonyl (C=O) groups excluding carboxylic acids is 1. The largest absolute Gasteiger partial charge is 0.349 e. The van der Waals surface area contributed by atoms with Gasteiger partial charge < -0.3 is 10.2 Å². The van der Waals surface area contributed by atoms with Crippen LogP contribution in [0.1, 0.15) is 23.2 Å². The minimum Gasteiger partial charge on any atom is -0.349 e. The third-order valence-corrected chi connectivity index (χ3v) is 5.90. The monoisotopic (exact) mass is 354 g/mol. The first-order chi connectivity index (χ1) is 12.1. The van der Waals surface area contributed by atoms with E-state index in [-0.39, 0.29) is 11.9 Å². The summed E-state index contributed by atoms with van der Waals surface area (Å²) in [5.41, 5.74) is 2.61. The summed E-state index contributed by atoms with van der Waals surface area (Å²) in [5, 5.41) is 3.96. The van der Waals surface area contributed by atoms with E-state index in [1.54, 1.807) is 6.07 Å². The molecule has 1 saturated carbocycles. The Bertz CT molecular complexity index is 777. The number of fused-ring (bicyclic) bond motifs is 1. The predicted octanol–water partition coefficient (Wildman–Crippen LogP) is 4.08. The van der Waals surface area contributed by atoms with Crippen LogP contribution in [0.3, 0.4) is 0 Å². The molecule has 3 unspecified atom stereocenters. The SMILES string of the molecule is CN1CC2CCC(NC(=O)c3ccc(Cl)cc3-c3ccccc3)C2C1. The zero-order valence-electron chi connectivity index (χ0n) is 14.4. The summed E-state index contributed by atoms with van der Waals surface area (Å²) in [6, 6.07) is 15.8. The van der Waals surface area contributed by atoms with Gasteiger partial charge in [-0.1, -0.05) is 41.9 Å². The lowest BCUT2D eigenvalue weighted by Gasteiger charge is -2.21. The first kappa shape index (κ1) is 16.6. The topological polar surface area (TPSA) is 32.3 Å². The lowest BCUT2D eigenvalue weighted by atomic mass is 9.96. The second kappa shape index (κ2) is 6.81. The van der Waals surface area contributed by atoms with Crippen molar-refractivity contribution in [3.8, 4) is 11.1 Å². The Morgan fingerprint density at radius 2 is 1.92 bits per heavy atom. The molecule has 130 valence electrons. The Morgan fingerprint density at radius 3 is 2.72 bits per heavy atom. The minimum atomic E-state index is 0.00993. The van der Waals surface area contributed by atoms with Crippen LogP contribution in [0, 0.1) is 11.8 Å². The summed E-state index contributed by atoms with van der Waals surface area (Å²) in [7, 11) is 2.17. The van der Waals surface area contributed by atoms with Crippen LogP contribution in [0.5, 0.6) is 0 Å². The average molecular weight is 355 g/mol. The molecule has 3 atom stereocenters. The van der Waals surface area contributed by atoms with E-state index in [9.17, 15) is 4.79 Å². The van der Waals surface area contributed by atoms with Gasteiger partial charge in [0.25, 0.3) is 5.91 Å². The van der Waals surface area contributed by atoms with Crippen LogP contribution < -0.4 is 5.32 Å². The van der Waals surface area contributed by atoms with Crippen molar-refractivity contribution in [3.63, 3.8) is 0 Å². The maximum atomic E-state index is 13.0. The van der Waals surface area contributed by atoms with Crippen molar-refractivity contribution in [3.05, 3.63) is 59.1 Å². The molecule has 1 N–H and O–H groups in total. The fourth-order valence-corrected chi connectivity index (χ4v) is 4.66. The van der Waals surface area contributed by atoms with Gasteiger partial charge in [-0.15, -0.1) is 0 Å². The summed E-state index contributed by atoms with van der Waals surface area (Å²) in [5.74, 6) is 1.33. The maximum Gasteiger partial charge on any atom is 0.252 e. The number of carbonyl (C=O) groups is 1. The van der Waals surface area contributed by atoms with Gasteiger partial charge in [0.1, 0.15) is 0 Å². The molecule has 2 aliphatic rings. The van der Waals surface area contributed by atoms with Crippen molar-refractivity contribution in [1.82, 2.24) is 10.2 Å². The van der Waals surface area contributed by atoms with Gasteiger partial charge in [0.05, 0.1) is 0 Å². The molecule has 2 fully saturated rings. The normalized spacial score (nSPS) is 25.8. The number of nitrogens with zero attached hydrogens (tertiary/aromatic N) is 1. The molecule has 1 amide bonds. The fraction of sp³-hybridized carbons (Fsp3) is 0.381. The van der Waals surface area contributed by atoms with Crippen molar-refractivity contribution in [1.29, 1.82) is 0 Å². The third kappa shape index (κ3) is 3.31. The van der Waals surface area contributed by atoms with E-state index in [2.05, 4.69) is 17.3 Å². The smallest absolute Gasteiger partial charge is 0.252 e. The summed E-state index contributed by atoms with van der Waals surface area (Å²) in [6.45, 7) is 2.25. The van der Waals surface area contributed by atoms with Crippen LogP contribution in [0.4, 0.5) is 0 Å². The lowest BCUT2D eigenvalue weighted by molar-refractivity contribution is 0.0927. The van der Waals surface area contributed by atoms with E-state index in [4.69, 9.17) is 11.6 Å². The van der Waals surface area contributed by atoms with E-state index in [0.29, 0.717) is 16.5 Å². The zero-order valence-corrected chi connectivity index (χ0v) is 15.2. The molecule has 3 nitrogen and oxygen atoms in total. The van der Waals surface area contributed by atoms with Crippen molar-refractivity contribution >= 4 is 17.5 Å². The van der Waals surface area contributed by atoms with Gasteiger partial charge in [-0.2, -0.15) is 0 Å². The Kier molecular flexibility index (Phi) is 4.53. The highest BCUT2D eigenvalue weighted by Gasteiger charge is 2.42. The number of hydrogen-bond donors (Lipinski definition) is 1. The van der Waals surface area contributed by atoms with Gasteiger partial charge in [0.2, 0.25) is 0 Å². The number of benzene rings is 2. The molecule has 4 heteroatoms. The molecule has 4 rings (SSSR count). The first-order valence-electron chi connectivity index (χ1n) is 8.96. The Morgan fingerprint density at radius 1 is 1.12 bits per heavy atom. The van der Waals surface area contributed by atoms with E-state index in [1.807, 2.05) is 42.5 Å². The maximum absolute atomic E-state index is 13.0. The van der Waals surface area contributed by atoms with Crippen LogP contribution in [0.2, 0.25) is 5.02 Å². The molecular formula is C21H23ClN2O. The standard InChI is InChI=1S/C21H23ClN2O/c1-24-12-15-7-10-20(19(15)13-24)23-21(25)17-9-8-16(22)11-18(17)14-5-3-2-4-6-14/h2-6,8-9,11,15,19-20H,7,10,12-13H2,1H3,(H,23,25). The quantitative estimate of drug-likeness (QED) is 0.900. The van der Waals surface area contributed by atoms with E-state index >= 15 is 0 Å². The molecule has 2 aromatic carbocycles. The molecule has 0 spiro atoms. The molecule has 0 radical (unpaired) electrons. The molecular weight excluding hydrogens is 332 g/mol. The highest BCUT2D eigenvalue weighted by molar-refractivity contribution is 6.31. The number of amides is 1. The van der Waals surface area contributed by atoms with E-state index < -0.39 is 0 Å². The second-order valence-electron chi connectivity index (χ2n) is 7.36. The first-order valence-corrected chi connectivity index (χ1v) is 9.34. The van der Waals surface area contributed by atoms with Gasteiger partial charge in [-0.25, -0.2) is 0 Å². The van der Waals surface area contributed by atoms with E-state index in [1.165, 1.54) is 6.42 Å². The van der Waals surface area contributed by atoms with Crippen molar-refractivity contribution in [2.75, 3.05) is 20.1 Å². The molecule has 0 aromatic heterocycles. The summed E-state index contributed by atoms with van der Waals surface area (Å²) < 4.78 is 0. The van der Waals surface area contributed by atoms with Gasteiger partial charge in [-0.3, -0.25) is 4.79 Å². The van der Waals surface area contributed by atoms with Gasteiger partial charge in [0, 0.05) is 29.7 Å². The van der Waals surface area contributed by atoms with Crippen molar-refractivity contribution in [2.24, 2.45) is 11.8 Å². The van der Waals surface area contributed by atoms with Crippen LogP contribution in [-0.2, 0) is 0 Å². The Labute approximate surface area is 154 Å². The predicted molar refractivity (Wildman–Crippen MR) is 102 cm³/mol. The van der Waals surface area contributed by atoms with Crippen molar-refractivity contribution < 1.29 is 4.79 Å². The highest BCUT2D eigenvalue weighted by atomic mass is 35.5. The second-order valence-corrected chi connectivity index (χ2v) is 7.79. The van der Waals surface area contributed by atoms with Crippen LogP contribution in [0.15, 0.2) is 48.5 Å². The van der Waals surface area contributed by atoms with Crippen LogP contribution in [0.25, 0.3) is 11.1 Å². The lowest BCUT2D eigenvalue weighted by Crippen LogP contribution is -2.39. The average Bonchev–Trinajstić information content (AvgIpc) is 3.15. The Hall–Kier alpha value is -1.84. The van der Waals surface area contributed by atoms with Crippen LogP contribution >= 0.6 is 11.6 Å². The van der Waals surface area contributed by atoms with Gasteiger partial charge >= 0.3 is 0 Å². The number of hydrogen-bond acceptors (Lipinski definition) is 2. The number of rotatable bonds is 3. The highest BCUT2D eigenvalue weighted by Crippen LogP contribution is 2.38.